The second-order valence-electron chi connectivity index (χ2n) is 5.24. The van der Waals surface area contributed by atoms with Gasteiger partial charge in [0.15, 0.2) is 0 Å². The molecule has 0 amide bonds. The molecule has 0 aliphatic carbocycles. The van der Waals surface area contributed by atoms with E-state index in [2.05, 4.69) is 52.1 Å². The molecule has 0 aromatic heterocycles. The summed E-state index contributed by atoms with van der Waals surface area (Å²) in [7, 11) is 1.76. The van der Waals surface area contributed by atoms with Crippen molar-refractivity contribution in [2.24, 2.45) is 0 Å². The number of aryl methyl sites for hydroxylation is 3. The van der Waals surface area contributed by atoms with E-state index in [0.29, 0.717) is 12.1 Å². The average molecular weight is 249 g/mol. The standard InChI is InChI=1S/C16H27NO/c1-7-15(10-18-6)17-14(5)16-9-12(3)11(2)8-13(16)4/h8-9,14-15,17H,7,10H2,1-6H3. The number of nitrogens with one attached hydrogen (secondary N) is 1. The smallest absolute Gasteiger partial charge is 0.0615 e. The summed E-state index contributed by atoms with van der Waals surface area (Å²) in [6.45, 7) is 11.7. The monoisotopic (exact) mass is 249 g/mol. The predicted octanol–water partition coefficient (Wildman–Crippen LogP) is 3.69. The predicted molar refractivity (Wildman–Crippen MR) is 78.2 cm³/mol. The molecule has 2 heteroatoms. The Kier molecular flexibility index (Phi) is 5.83. The molecule has 1 aromatic rings. The van der Waals surface area contributed by atoms with Crippen LogP contribution in [0.5, 0.6) is 0 Å². The van der Waals surface area contributed by atoms with Crippen LogP contribution in [0.4, 0.5) is 0 Å². The Morgan fingerprint density at radius 3 is 2.28 bits per heavy atom. The fraction of sp³-hybridized carbons (Fsp3) is 0.625. The molecule has 0 aliphatic rings. The Balaban J connectivity index is 2.83. The summed E-state index contributed by atoms with van der Waals surface area (Å²) in [6, 6.07) is 5.37. The van der Waals surface area contributed by atoms with Crippen molar-refractivity contribution in [3.05, 3.63) is 34.4 Å². The third-order valence-electron chi connectivity index (χ3n) is 3.70. The zero-order valence-corrected chi connectivity index (χ0v) is 12.6. The van der Waals surface area contributed by atoms with Gasteiger partial charge in [-0.2, -0.15) is 0 Å². The highest BCUT2D eigenvalue weighted by molar-refractivity contribution is 5.38. The molecule has 2 unspecified atom stereocenters. The summed E-state index contributed by atoms with van der Waals surface area (Å²) in [6.07, 6.45) is 1.09. The average Bonchev–Trinajstić information content (AvgIpc) is 2.33. The van der Waals surface area contributed by atoms with Crippen molar-refractivity contribution < 1.29 is 4.74 Å². The summed E-state index contributed by atoms with van der Waals surface area (Å²) in [5, 5.41) is 3.65. The molecule has 0 fully saturated rings. The highest BCUT2D eigenvalue weighted by atomic mass is 16.5. The molecule has 2 nitrogen and oxygen atoms in total. The van der Waals surface area contributed by atoms with Crippen molar-refractivity contribution in [1.29, 1.82) is 0 Å². The van der Waals surface area contributed by atoms with Gasteiger partial charge in [-0.05, 0) is 56.4 Å². The van der Waals surface area contributed by atoms with Crippen LogP contribution in [0.2, 0.25) is 0 Å². The summed E-state index contributed by atoms with van der Waals surface area (Å²) in [5.41, 5.74) is 5.49. The lowest BCUT2D eigenvalue weighted by Crippen LogP contribution is -2.34. The lowest BCUT2D eigenvalue weighted by Gasteiger charge is -2.24. The van der Waals surface area contributed by atoms with Gasteiger partial charge in [0.2, 0.25) is 0 Å². The van der Waals surface area contributed by atoms with Gasteiger partial charge in [-0.15, -0.1) is 0 Å². The Bertz CT molecular complexity index is 387. The first-order valence-electron chi connectivity index (χ1n) is 6.82. The van der Waals surface area contributed by atoms with Crippen LogP contribution in [0.25, 0.3) is 0 Å². The number of hydrogen-bond donors (Lipinski definition) is 1. The maximum absolute atomic E-state index is 5.24. The van der Waals surface area contributed by atoms with Crippen LogP contribution in [0, 0.1) is 20.8 Å². The van der Waals surface area contributed by atoms with E-state index in [1.54, 1.807) is 7.11 Å². The maximum Gasteiger partial charge on any atom is 0.0615 e. The molecule has 1 rings (SSSR count). The number of hydrogen-bond acceptors (Lipinski definition) is 2. The van der Waals surface area contributed by atoms with Crippen LogP contribution >= 0.6 is 0 Å². The van der Waals surface area contributed by atoms with E-state index in [1.807, 2.05) is 0 Å². The van der Waals surface area contributed by atoms with Crippen LogP contribution in [0.15, 0.2) is 12.1 Å². The number of benzene rings is 1. The van der Waals surface area contributed by atoms with Gasteiger partial charge in [0.05, 0.1) is 6.61 Å². The Morgan fingerprint density at radius 1 is 1.11 bits per heavy atom. The molecule has 0 radical (unpaired) electrons. The number of methoxy groups -OCH3 is 1. The van der Waals surface area contributed by atoms with Gasteiger partial charge >= 0.3 is 0 Å². The Hall–Kier alpha value is -0.860. The van der Waals surface area contributed by atoms with Crippen LogP contribution in [-0.2, 0) is 4.74 Å². The highest BCUT2D eigenvalue weighted by Crippen LogP contribution is 2.22. The molecule has 0 heterocycles. The van der Waals surface area contributed by atoms with E-state index in [0.717, 1.165) is 13.0 Å². The van der Waals surface area contributed by atoms with E-state index in [9.17, 15) is 0 Å². The Morgan fingerprint density at radius 2 is 1.72 bits per heavy atom. The molecule has 0 aliphatic heterocycles. The third-order valence-corrected chi connectivity index (χ3v) is 3.70. The minimum Gasteiger partial charge on any atom is -0.383 e. The summed E-state index contributed by atoms with van der Waals surface area (Å²) >= 11 is 0. The van der Waals surface area contributed by atoms with E-state index in [-0.39, 0.29) is 0 Å². The quantitative estimate of drug-likeness (QED) is 0.830. The second-order valence-corrected chi connectivity index (χ2v) is 5.24. The molecule has 0 spiro atoms. The van der Waals surface area contributed by atoms with Crippen molar-refractivity contribution in [2.45, 2.75) is 53.1 Å². The van der Waals surface area contributed by atoms with Crippen molar-refractivity contribution >= 4 is 0 Å². The molecule has 18 heavy (non-hydrogen) atoms. The van der Waals surface area contributed by atoms with Crippen molar-refractivity contribution in [1.82, 2.24) is 5.32 Å². The van der Waals surface area contributed by atoms with Gasteiger partial charge in [-0.1, -0.05) is 19.1 Å². The van der Waals surface area contributed by atoms with Crippen LogP contribution in [-0.4, -0.2) is 19.8 Å². The van der Waals surface area contributed by atoms with Gasteiger partial charge in [0.1, 0.15) is 0 Å². The van der Waals surface area contributed by atoms with Gasteiger partial charge in [0.25, 0.3) is 0 Å². The molecule has 2 atom stereocenters. The molecule has 0 saturated carbocycles. The van der Waals surface area contributed by atoms with E-state index in [1.165, 1.54) is 22.3 Å². The van der Waals surface area contributed by atoms with Crippen molar-refractivity contribution in [2.75, 3.05) is 13.7 Å². The molecular formula is C16H27NO. The van der Waals surface area contributed by atoms with Crippen LogP contribution in [0.3, 0.4) is 0 Å². The van der Waals surface area contributed by atoms with Gasteiger partial charge in [0, 0.05) is 19.2 Å². The van der Waals surface area contributed by atoms with Gasteiger partial charge in [-0.25, -0.2) is 0 Å². The summed E-state index contributed by atoms with van der Waals surface area (Å²) in [4.78, 5) is 0. The number of rotatable bonds is 6. The highest BCUT2D eigenvalue weighted by Gasteiger charge is 2.14. The molecule has 1 N–H and O–H groups in total. The molecule has 0 bridgehead atoms. The van der Waals surface area contributed by atoms with Crippen LogP contribution in [0.1, 0.15) is 48.6 Å². The first kappa shape index (κ1) is 15.2. The van der Waals surface area contributed by atoms with Crippen molar-refractivity contribution in [3.8, 4) is 0 Å². The largest absolute Gasteiger partial charge is 0.383 e. The fourth-order valence-electron chi connectivity index (χ4n) is 2.38. The SMILES string of the molecule is CCC(COC)NC(C)c1cc(C)c(C)cc1C. The summed E-state index contributed by atoms with van der Waals surface area (Å²) < 4.78 is 5.24. The van der Waals surface area contributed by atoms with Crippen molar-refractivity contribution in [3.63, 3.8) is 0 Å². The first-order chi connectivity index (χ1) is 8.49. The first-order valence-corrected chi connectivity index (χ1v) is 6.82. The summed E-state index contributed by atoms with van der Waals surface area (Å²) in [5.74, 6) is 0. The number of ether oxygens (including phenoxy) is 1. The van der Waals surface area contributed by atoms with E-state index < -0.39 is 0 Å². The van der Waals surface area contributed by atoms with Crippen LogP contribution < -0.4 is 5.32 Å². The maximum atomic E-state index is 5.24. The zero-order chi connectivity index (χ0) is 13.7. The van der Waals surface area contributed by atoms with E-state index in [4.69, 9.17) is 4.74 Å². The second kappa shape index (κ2) is 6.91. The van der Waals surface area contributed by atoms with Gasteiger partial charge < -0.3 is 10.1 Å². The van der Waals surface area contributed by atoms with E-state index >= 15 is 0 Å². The zero-order valence-electron chi connectivity index (χ0n) is 12.6. The molecule has 1 aromatic carbocycles. The minimum atomic E-state index is 0.365. The molecule has 102 valence electrons. The fourth-order valence-corrected chi connectivity index (χ4v) is 2.38. The topological polar surface area (TPSA) is 21.3 Å². The molecular weight excluding hydrogens is 222 g/mol. The third kappa shape index (κ3) is 3.82. The lowest BCUT2D eigenvalue weighted by molar-refractivity contribution is 0.159. The minimum absolute atomic E-state index is 0.365. The lowest BCUT2D eigenvalue weighted by atomic mass is 9.96. The van der Waals surface area contributed by atoms with Gasteiger partial charge in [-0.3, -0.25) is 0 Å². The molecule has 0 saturated heterocycles. The normalized spacial score (nSPS) is 14.6. The Labute approximate surface area is 112 Å².